The van der Waals surface area contributed by atoms with Gasteiger partial charge in [0.2, 0.25) is 0 Å². The number of aliphatic hydroxyl groups excluding tert-OH is 3. The molecule has 6 N–H and O–H groups in total. The number of aliphatic hydroxyl groups is 3. The van der Waals surface area contributed by atoms with E-state index in [9.17, 15) is 18.6 Å². The van der Waals surface area contributed by atoms with Gasteiger partial charge in [-0.2, -0.15) is 8.42 Å². The van der Waals surface area contributed by atoms with Crippen molar-refractivity contribution in [3.8, 4) is 0 Å². The Hall–Kier alpha value is -0.330. The van der Waals surface area contributed by atoms with Gasteiger partial charge < -0.3 is 25.8 Å². The summed E-state index contributed by atoms with van der Waals surface area (Å²) in [7, 11) is -4.83. The summed E-state index contributed by atoms with van der Waals surface area (Å²) in [6.45, 7) is -0.721. The first-order valence-electron chi connectivity index (χ1n) is 4.30. The van der Waals surface area contributed by atoms with Crippen molar-refractivity contribution in [2.75, 3.05) is 6.61 Å². The zero-order valence-electron chi connectivity index (χ0n) is 8.00. The lowest BCUT2D eigenvalue weighted by Crippen LogP contribution is -2.62. The molecule has 0 spiro atoms. The molecule has 1 aliphatic heterocycles. The first kappa shape index (κ1) is 13.7. The Morgan fingerprint density at radius 1 is 1.38 bits per heavy atom. The zero-order chi connectivity index (χ0) is 12.5. The number of rotatable bonds is 3. The van der Waals surface area contributed by atoms with Gasteiger partial charge >= 0.3 is 10.4 Å². The Kier molecular flexibility index (Phi) is 4.20. The topological polar surface area (TPSA) is 160 Å². The molecule has 96 valence electrons. The van der Waals surface area contributed by atoms with Gasteiger partial charge in [-0.15, -0.1) is 0 Å². The fourth-order valence-electron chi connectivity index (χ4n) is 1.36. The third kappa shape index (κ3) is 3.09. The molecule has 1 aliphatic rings. The zero-order valence-corrected chi connectivity index (χ0v) is 8.82. The van der Waals surface area contributed by atoms with Gasteiger partial charge in [-0.3, -0.25) is 4.55 Å². The maximum Gasteiger partial charge on any atom is 0.397 e. The molecule has 1 saturated heterocycles. The Morgan fingerprint density at radius 3 is 2.38 bits per heavy atom. The van der Waals surface area contributed by atoms with Crippen LogP contribution in [-0.4, -0.2) is 65.5 Å². The van der Waals surface area contributed by atoms with E-state index in [1.165, 1.54) is 0 Å². The van der Waals surface area contributed by atoms with Crippen molar-refractivity contribution in [1.82, 2.24) is 0 Å². The van der Waals surface area contributed by atoms with Gasteiger partial charge in [0.25, 0.3) is 0 Å². The molecule has 1 unspecified atom stereocenters. The molecule has 0 aromatic heterocycles. The highest BCUT2D eigenvalue weighted by Gasteiger charge is 2.45. The van der Waals surface area contributed by atoms with Gasteiger partial charge in [-0.1, -0.05) is 0 Å². The van der Waals surface area contributed by atoms with E-state index >= 15 is 0 Å². The van der Waals surface area contributed by atoms with Crippen molar-refractivity contribution in [1.29, 1.82) is 0 Å². The number of hydrogen-bond donors (Lipinski definition) is 5. The van der Waals surface area contributed by atoms with Crippen LogP contribution in [0, 0.1) is 0 Å². The molecule has 0 saturated carbocycles. The maximum absolute atomic E-state index is 10.5. The Morgan fingerprint density at radius 2 is 1.94 bits per heavy atom. The first-order valence-corrected chi connectivity index (χ1v) is 5.66. The van der Waals surface area contributed by atoms with Crippen molar-refractivity contribution >= 4 is 10.4 Å². The van der Waals surface area contributed by atoms with E-state index < -0.39 is 47.6 Å². The summed E-state index contributed by atoms with van der Waals surface area (Å²) >= 11 is 0. The van der Waals surface area contributed by atoms with Gasteiger partial charge in [0.15, 0.2) is 6.29 Å². The molecule has 1 rings (SSSR count). The average molecular weight is 259 g/mol. The molecule has 0 amide bonds. The highest BCUT2D eigenvalue weighted by atomic mass is 32.3. The van der Waals surface area contributed by atoms with Gasteiger partial charge in [0, 0.05) is 0 Å². The van der Waals surface area contributed by atoms with Crippen LogP contribution in [0.25, 0.3) is 0 Å². The van der Waals surface area contributed by atoms with E-state index in [0.29, 0.717) is 0 Å². The van der Waals surface area contributed by atoms with Crippen LogP contribution in [0.5, 0.6) is 0 Å². The molecule has 9 nitrogen and oxygen atoms in total. The normalized spacial score (nSPS) is 40.9. The van der Waals surface area contributed by atoms with Crippen molar-refractivity contribution in [3.05, 3.63) is 0 Å². The predicted molar refractivity (Wildman–Crippen MR) is 48.4 cm³/mol. The standard InChI is InChI=1S/C6H13NO8S/c7-3-4(9)5(15-16(11,12)13)2(1-8)14-6(3)10/h2-6,8-10H,1,7H2,(H,11,12,13)/t2-,3-,4-,5-,6?/m1/s1. The minimum absolute atomic E-state index is 0.721. The van der Waals surface area contributed by atoms with Crippen molar-refractivity contribution < 1.29 is 37.2 Å². The Bertz CT molecular complexity index is 329. The van der Waals surface area contributed by atoms with E-state index in [2.05, 4.69) is 4.18 Å². The van der Waals surface area contributed by atoms with Gasteiger partial charge in [0.1, 0.15) is 18.3 Å². The molecule has 0 aliphatic carbocycles. The minimum atomic E-state index is -4.83. The molecule has 16 heavy (non-hydrogen) atoms. The summed E-state index contributed by atoms with van der Waals surface area (Å²) < 4.78 is 38.2. The SMILES string of the molecule is N[C@H]1C(O)O[C@H](CO)[C@@H](OS(=O)(=O)O)[C@@H]1O. The van der Waals surface area contributed by atoms with Crippen LogP contribution < -0.4 is 5.73 Å². The molecular weight excluding hydrogens is 246 g/mol. The smallest absolute Gasteiger partial charge is 0.394 e. The highest BCUT2D eigenvalue weighted by Crippen LogP contribution is 2.22. The summed E-state index contributed by atoms with van der Waals surface area (Å²) in [5.74, 6) is 0. The van der Waals surface area contributed by atoms with Crippen molar-refractivity contribution in [3.63, 3.8) is 0 Å². The summed E-state index contributed by atoms with van der Waals surface area (Å²) in [5.41, 5.74) is 5.28. The van der Waals surface area contributed by atoms with E-state index in [4.69, 9.17) is 20.1 Å². The van der Waals surface area contributed by atoms with Crippen LogP contribution in [0.3, 0.4) is 0 Å². The second kappa shape index (κ2) is 4.89. The molecular formula is C6H13NO8S. The lowest BCUT2D eigenvalue weighted by Gasteiger charge is -2.39. The van der Waals surface area contributed by atoms with E-state index in [0.717, 1.165) is 0 Å². The first-order chi connectivity index (χ1) is 7.26. The lowest BCUT2D eigenvalue weighted by atomic mass is 9.98. The molecule has 1 fully saturated rings. The Labute approximate surface area is 91.3 Å². The Balaban J connectivity index is 2.85. The third-order valence-corrected chi connectivity index (χ3v) is 2.62. The molecule has 0 aromatic rings. The monoisotopic (exact) mass is 259 g/mol. The quantitative estimate of drug-likeness (QED) is 0.325. The number of nitrogens with two attached hydrogens (primary N) is 1. The summed E-state index contributed by atoms with van der Waals surface area (Å²) in [4.78, 5) is 0. The molecule has 0 bridgehead atoms. The molecule has 5 atom stereocenters. The summed E-state index contributed by atoms with van der Waals surface area (Å²) in [6, 6.07) is -1.31. The predicted octanol–water partition coefficient (Wildman–Crippen LogP) is -3.43. The minimum Gasteiger partial charge on any atom is -0.394 e. The molecule has 0 aromatic carbocycles. The van der Waals surface area contributed by atoms with Gasteiger partial charge in [-0.05, 0) is 0 Å². The van der Waals surface area contributed by atoms with Crippen molar-refractivity contribution in [2.24, 2.45) is 5.73 Å². The molecule has 10 heteroatoms. The third-order valence-electron chi connectivity index (χ3n) is 2.15. The molecule has 1 heterocycles. The lowest BCUT2D eigenvalue weighted by molar-refractivity contribution is -0.243. The van der Waals surface area contributed by atoms with Gasteiger partial charge in [0.05, 0.1) is 12.6 Å². The van der Waals surface area contributed by atoms with Crippen LogP contribution >= 0.6 is 0 Å². The van der Waals surface area contributed by atoms with Crippen LogP contribution in [0.15, 0.2) is 0 Å². The maximum atomic E-state index is 10.5. The van der Waals surface area contributed by atoms with E-state index in [-0.39, 0.29) is 0 Å². The van der Waals surface area contributed by atoms with E-state index in [1.54, 1.807) is 0 Å². The second-order valence-corrected chi connectivity index (χ2v) is 4.35. The summed E-state index contributed by atoms with van der Waals surface area (Å²) in [5, 5.41) is 27.5. The van der Waals surface area contributed by atoms with Gasteiger partial charge in [-0.25, -0.2) is 4.18 Å². The summed E-state index contributed by atoms with van der Waals surface area (Å²) in [6.07, 6.45) is -6.07. The fraction of sp³-hybridized carbons (Fsp3) is 1.00. The van der Waals surface area contributed by atoms with Crippen LogP contribution in [0.2, 0.25) is 0 Å². The highest BCUT2D eigenvalue weighted by molar-refractivity contribution is 7.80. The van der Waals surface area contributed by atoms with Crippen LogP contribution in [0.4, 0.5) is 0 Å². The second-order valence-electron chi connectivity index (χ2n) is 3.30. The average Bonchev–Trinajstić information content (AvgIpc) is 2.17. The fourth-order valence-corrected chi connectivity index (χ4v) is 1.88. The van der Waals surface area contributed by atoms with E-state index in [1.807, 2.05) is 0 Å². The van der Waals surface area contributed by atoms with Crippen molar-refractivity contribution in [2.45, 2.75) is 30.6 Å². The van der Waals surface area contributed by atoms with Crippen LogP contribution in [-0.2, 0) is 19.3 Å². The number of ether oxygens (including phenoxy) is 1. The van der Waals surface area contributed by atoms with Crippen LogP contribution in [0.1, 0.15) is 0 Å². The molecule has 0 radical (unpaired) electrons. The number of hydrogen-bond acceptors (Lipinski definition) is 8. The largest absolute Gasteiger partial charge is 0.397 e.